The highest BCUT2D eigenvalue weighted by atomic mass is 15.0. The Bertz CT molecular complexity index is 721. The lowest BCUT2D eigenvalue weighted by atomic mass is 9.72. The van der Waals surface area contributed by atoms with Crippen molar-refractivity contribution >= 4 is 11.8 Å². The number of dihydropyridines is 1. The summed E-state index contributed by atoms with van der Waals surface area (Å²) in [5.41, 5.74) is 5.20. The van der Waals surface area contributed by atoms with E-state index in [1.165, 1.54) is 35.2 Å². The van der Waals surface area contributed by atoms with Crippen LogP contribution in [-0.2, 0) is 0 Å². The van der Waals surface area contributed by atoms with Crippen LogP contribution in [0.3, 0.4) is 0 Å². The number of nitrogens with one attached hydrogen (secondary N) is 2. The van der Waals surface area contributed by atoms with E-state index in [4.69, 9.17) is 0 Å². The lowest BCUT2D eigenvalue weighted by Gasteiger charge is -2.40. The molecule has 2 heterocycles. The van der Waals surface area contributed by atoms with E-state index in [0.717, 1.165) is 19.6 Å². The third-order valence-corrected chi connectivity index (χ3v) is 5.42. The molecule has 0 spiro atoms. The molecule has 124 valence electrons. The average molecular weight is 319 g/mol. The van der Waals surface area contributed by atoms with Crippen molar-refractivity contribution in [3.63, 3.8) is 0 Å². The van der Waals surface area contributed by atoms with Crippen molar-refractivity contribution in [2.24, 2.45) is 10.4 Å². The predicted octanol–water partition coefficient (Wildman–Crippen LogP) is 3.33. The maximum Gasteiger partial charge on any atom is 0.0538 e. The van der Waals surface area contributed by atoms with Gasteiger partial charge in [-0.05, 0) is 61.7 Å². The van der Waals surface area contributed by atoms with Gasteiger partial charge in [-0.3, -0.25) is 4.99 Å². The fraction of sp³-hybridized carbons (Fsp3) is 0.381. The third kappa shape index (κ3) is 2.84. The molecule has 24 heavy (non-hydrogen) atoms. The van der Waals surface area contributed by atoms with E-state index in [9.17, 15) is 0 Å². The topological polar surface area (TPSA) is 36.4 Å². The first-order valence-electron chi connectivity index (χ1n) is 8.93. The molecule has 1 atom stereocenters. The highest BCUT2D eigenvalue weighted by Crippen LogP contribution is 2.43. The molecule has 2 aliphatic heterocycles. The van der Waals surface area contributed by atoms with Gasteiger partial charge in [-0.25, -0.2) is 0 Å². The van der Waals surface area contributed by atoms with Crippen molar-refractivity contribution < 1.29 is 0 Å². The van der Waals surface area contributed by atoms with E-state index in [0.29, 0.717) is 6.04 Å². The van der Waals surface area contributed by atoms with Crippen molar-refractivity contribution in [3.8, 4) is 0 Å². The van der Waals surface area contributed by atoms with E-state index in [1.807, 2.05) is 6.21 Å². The van der Waals surface area contributed by atoms with E-state index in [-0.39, 0.29) is 5.41 Å². The molecule has 1 aromatic carbocycles. The van der Waals surface area contributed by atoms with E-state index in [1.54, 1.807) is 0 Å². The Morgan fingerprint density at radius 1 is 1.12 bits per heavy atom. The largest absolute Gasteiger partial charge is 0.385 e. The number of rotatable bonds is 3. The Labute approximate surface area is 144 Å². The second-order valence-corrected chi connectivity index (χ2v) is 7.14. The second kappa shape index (κ2) is 6.40. The molecule has 3 nitrogen and oxygen atoms in total. The molecule has 1 aromatic rings. The molecule has 0 unspecified atom stereocenters. The number of allylic oxidation sites excluding steroid dienone is 4. The van der Waals surface area contributed by atoms with Gasteiger partial charge >= 0.3 is 0 Å². The molecular formula is C21H25N3. The first-order chi connectivity index (χ1) is 11.8. The summed E-state index contributed by atoms with van der Waals surface area (Å²) in [7, 11) is 0. The number of piperidine rings is 1. The summed E-state index contributed by atoms with van der Waals surface area (Å²) in [6, 6.07) is 11.2. The summed E-state index contributed by atoms with van der Waals surface area (Å²) in [5.74, 6) is 0. The Kier molecular flexibility index (Phi) is 4.11. The van der Waals surface area contributed by atoms with Crippen LogP contribution in [0.5, 0.6) is 0 Å². The summed E-state index contributed by atoms with van der Waals surface area (Å²) in [4.78, 5) is 4.55. The van der Waals surface area contributed by atoms with Crippen molar-refractivity contribution in [1.82, 2.24) is 10.6 Å². The van der Waals surface area contributed by atoms with Gasteiger partial charge in [-0.1, -0.05) is 36.4 Å². The molecule has 1 saturated heterocycles. The normalized spacial score (nSPS) is 27.0. The summed E-state index contributed by atoms with van der Waals surface area (Å²) in [6.07, 6.45) is 11.1. The molecule has 0 amide bonds. The van der Waals surface area contributed by atoms with Crippen LogP contribution >= 0.6 is 0 Å². The van der Waals surface area contributed by atoms with Crippen LogP contribution in [0.4, 0.5) is 0 Å². The maximum absolute atomic E-state index is 4.55. The number of nitrogens with zero attached hydrogens (tertiary/aromatic N) is 1. The molecule has 3 aliphatic rings. The minimum Gasteiger partial charge on any atom is -0.385 e. The molecule has 0 aromatic heterocycles. The number of hydrogen-bond acceptors (Lipinski definition) is 3. The van der Waals surface area contributed by atoms with Crippen LogP contribution in [0.1, 0.15) is 25.3 Å². The Morgan fingerprint density at radius 2 is 1.92 bits per heavy atom. The maximum atomic E-state index is 4.55. The molecule has 0 saturated carbocycles. The van der Waals surface area contributed by atoms with Gasteiger partial charge in [-0.2, -0.15) is 0 Å². The lowest BCUT2D eigenvalue weighted by molar-refractivity contribution is 0.368. The highest BCUT2D eigenvalue weighted by molar-refractivity contribution is 5.84. The van der Waals surface area contributed by atoms with E-state index >= 15 is 0 Å². The number of fused-ring (bicyclic) bond motifs is 1. The zero-order valence-electron chi connectivity index (χ0n) is 14.3. The van der Waals surface area contributed by atoms with E-state index < -0.39 is 0 Å². The van der Waals surface area contributed by atoms with Crippen molar-refractivity contribution in [2.45, 2.75) is 25.8 Å². The van der Waals surface area contributed by atoms with Gasteiger partial charge in [0.2, 0.25) is 0 Å². The van der Waals surface area contributed by atoms with E-state index in [2.05, 4.69) is 71.1 Å². The van der Waals surface area contributed by atoms with Crippen LogP contribution < -0.4 is 10.6 Å². The molecule has 1 fully saturated rings. The monoisotopic (exact) mass is 319 g/mol. The smallest absolute Gasteiger partial charge is 0.0538 e. The number of benzene rings is 1. The Balaban J connectivity index is 1.70. The molecule has 0 bridgehead atoms. The zero-order valence-corrected chi connectivity index (χ0v) is 14.3. The fourth-order valence-corrected chi connectivity index (χ4v) is 3.80. The van der Waals surface area contributed by atoms with Gasteiger partial charge in [-0.15, -0.1) is 0 Å². The summed E-state index contributed by atoms with van der Waals surface area (Å²) >= 11 is 0. The standard InChI is InChI=1S/C21H25N3/c1-21-15-23-10-7-18(21)13-17(16-5-3-2-4-6-16)14-20(21)24-19-8-11-22-12-9-19/h2-7,10,13-14,19,22,24H,8-9,11-12,15H2,1H3/t21-/m0/s1. The number of hydrogen-bond donors (Lipinski definition) is 2. The Morgan fingerprint density at radius 3 is 2.71 bits per heavy atom. The summed E-state index contributed by atoms with van der Waals surface area (Å²) in [6.45, 7) is 5.34. The Hall–Kier alpha value is -2.13. The van der Waals surface area contributed by atoms with Crippen LogP contribution in [0, 0.1) is 5.41 Å². The summed E-state index contributed by atoms with van der Waals surface area (Å²) < 4.78 is 0. The molecule has 2 N–H and O–H groups in total. The van der Waals surface area contributed by atoms with Crippen LogP contribution in [0.2, 0.25) is 0 Å². The van der Waals surface area contributed by atoms with Gasteiger partial charge in [0, 0.05) is 18.0 Å². The minimum atomic E-state index is -0.0299. The average Bonchev–Trinajstić information content (AvgIpc) is 2.63. The third-order valence-electron chi connectivity index (χ3n) is 5.42. The summed E-state index contributed by atoms with van der Waals surface area (Å²) in [5, 5.41) is 7.31. The van der Waals surface area contributed by atoms with Gasteiger partial charge in [0.25, 0.3) is 0 Å². The predicted molar refractivity (Wildman–Crippen MR) is 101 cm³/mol. The first-order valence-corrected chi connectivity index (χ1v) is 8.93. The van der Waals surface area contributed by atoms with Gasteiger partial charge in [0.1, 0.15) is 0 Å². The molecule has 0 radical (unpaired) electrons. The van der Waals surface area contributed by atoms with Gasteiger partial charge in [0.05, 0.1) is 12.0 Å². The second-order valence-electron chi connectivity index (χ2n) is 7.14. The van der Waals surface area contributed by atoms with Crippen LogP contribution in [-0.4, -0.2) is 31.9 Å². The fourth-order valence-electron chi connectivity index (χ4n) is 3.80. The van der Waals surface area contributed by atoms with Crippen molar-refractivity contribution in [2.75, 3.05) is 19.6 Å². The van der Waals surface area contributed by atoms with Gasteiger partial charge in [0.15, 0.2) is 0 Å². The van der Waals surface area contributed by atoms with Crippen molar-refractivity contribution in [1.29, 1.82) is 0 Å². The van der Waals surface area contributed by atoms with Crippen LogP contribution in [0.25, 0.3) is 5.57 Å². The van der Waals surface area contributed by atoms with Crippen molar-refractivity contribution in [3.05, 3.63) is 65.4 Å². The highest BCUT2D eigenvalue weighted by Gasteiger charge is 2.37. The first kappa shape index (κ1) is 15.4. The molecule has 1 aliphatic carbocycles. The quantitative estimate of drug-likeness (QED) is 0.896. The molecule has 4 rings (SSSR count). The SMILES string of the molecule is C[C@]12CN=CC=C1C=C(c1ccccc1)C=C2NC1CCNCC1. The number of aliphatic imine (C=N–C) groups is 1. The minimum absolute atomic E-state index is 0.0299. The molecular weight excluding hydrogens is 294 g/mol. The van der Waals surface area contributed by atoms with Gasteiger partial charge < -0.3 is 10.6 Å². The molecule has 3 heteroatoms. The lowest BCUT2D eigenvalue weighted by Crippen LogP contribution is -2.45. The van der Waals surface area contributed by atoms with Crippen LogP contribution in [0.15, 0.2) is 64.8 Å². The zero-order chi connectivity index (χ0) is 16.4.